The zero-order valence-corrected chi connectivity index (χ0v) is 5.25. The van der Waals surface area contributed by atoms with Gasteiger partial charge in [-0.05, 0) is 0 Å². The van der Waals surface area contributed by atoms with E-state index in [1.54, 1.807) is 0 Å². The third-order valence-electron chi connectivity index (χ3n) is 0.705. The van der Waals surface area contributed by atoms with E-state index >= 15 is 0 Å². The monoisotopic (exact) mass is 182 g/mol. The average molecular weight is 182 g/mol. The van der Waals surface area contributed by atoms with Crippen LogP contribution in [0, 0.1) is 0 Å². The van der Waals surface area contributed by atoms with Crippen molar-refractivity contribution in [2.45, 2.75) is 25.6 Å². The Bertz CT molecular complexity index is 127. The molecule has 1 unspecified atom stereocenters. The quantitative estimate of drug-likeness (QED) is 0.596. The molecule has 0 heterocycles. The summed E-state index contributed by atoms with van der Waals surface area (Å²) in [4.78, 5) is 0. The molecule has 0 saturated heterocycles. The molecule has 1 atom stereocenters. The summed E-state index contributed by atoms with van der Waals surface area (Å²) in [7, 11) is 0. The van der Waals surface area contributed by atoms with Gasteiger partial charge in [-0.1, -0.05) is 0 Å². The molecule has 0 N–H and O–H groups in total. The van der Waals surface area contributed by atoms with E-state index in [1.807, 2.05) is 0 Å². The van der Waals surface area contributed by atoms with E-state index in [0.29, 0.717) is 0 Å². The van der Waals surface area contributed by atoms with Gasteiger partial charge in [0.25, 0.3) is 12.3 Å². The van der Waals surface area contributed by atoms with Gasteiger partial charge in [-0.25, -0.2) is 17.9 Å². The van der Waals surface area contributed by atoms with E-state index in [9.17, 15) is 26.3 Å². The van der Waals surface area contributed by atoms with Gasteiger partial charge in [0.1, 0.15) is 0 Å². The third-order valence-corrected chi connectivity index (χ3v) is 0.705. The van der Waals surface area contributed by atoms with E-state index in [0.717, 1.165) is 0 Å². The lowest BCUT2D eigenvalue weighted by Gasteiger charge is -2.20. The van der Waals surface area contributed by atoms with E-state index in [4.69, 9.17) is 0 Å². The largest absolute Gasteiger partial charge is 0.525 e. The van der Waals surface area contributed by atoms with Gasteiger partial charge in [-0.3, -0.25) is 0 Å². The van der Waals surface area contributed by atoms with Crippen LogP contribution in [-0.2, 0) is 4.74 Å². The summed E-state index contributed by atoms with van der Waals surface area (Å²) < 4.78 is 70.5. The highest BCUT2D eigenvalue weighted by Crippen LogP contribution is 2.30. The Morgan fingerprint density at radius 1 is 1.09 bits per heavy atom. The van der Waals surface area contributed by atoms with Gasteiger partial charge in [0.2, 0.25) is 0 Å². The fraction of sp³-hybridized carbons (Fsp3) is 1.00. The van der Waals surface area contributed by atoms with Crippen LogP contribution in [0.2, 0.25) is 0 Å². The van der Waals surface area contributed by atoms with Crippen LogP contribution in [-0.4, -0.2) is 18.6 Å². The fourth-order valence-electron chi connectivity index (χ4n) is 0.271. The molecule has 7 heteroatoms. The third kappa shape index (κ3) is 4.07. The molecule has 0 aromatic heterocycles. The van der Waals surface area contributed by atoms with Gasteiger partial charge in [-0.15, -0.1) is 13.2 Å². The van der Waals surface area contributed by atoms with Crippen molar-refractivity contribution in [3.63, 3.8) is 0 Å². The highest BCUT2D eigenvalue weighted by molar-refractivity contribution is 4.63. The summed E-state index contributed by atoms with van der Waals surface area (Å²) in [5.41, 5.74) is 0. The molecule has 0 spiro atoms. The summed E-state index contributed by atoms with van der Waals surface area (Å²) in [6.07, 6.45) is -9.22. The first-order chi connectivity index (χ1) is 4.65. The van der Waals surface area contributed by atoms with Crippen LogP contribution in [0.1, 0.15) is 6.92 Å². The van der Waals surface area contributed by atoms with Crippen LogP contribution in [0.4, 0.5) is 26.3 Å². The molecule has 11 heavy (non-hydrogen) atoms. The second kappa shape index (κ2) is 2.88. The molecule has 0 aromatic rings. The predicted molar refractivity (Wildman–Crippen MR) is 22.7 cm³/mol. The van der Waals surface area contributed by atoms with Crippen LogP contribution in [0.25, 0.3) is 0 Å². The molecular formula is C4H4F6O. The lowest BCUT2D eigenvalue weighted by atomic mass is 10.4. The predicted octanol–water partition coefficient (Wildman–Crippen LogP) is 2.47. The maximum Gasteiger partial charge on any atom is 0.525 e. The first-order valence-corrected chi connectivity index (χ1v) is 2.39. The molecule has 68 valence electrons. The van der Waals surface area contributed by atoms with Crippen molar-refractivity contribution < 1.29 is 31.1 Å². The maximum atomic E-state index is 12.0. The van der Waals surface area contributed by atoms with Gasteiger partial charge in [0.05, 0.1) is 0 Å². The minimum atomic E-state index is -5.39. The molecule has 0 amide bonds. The van der Waals surface area contributed by atoms with Crippen LogP contribution in [0.3, 0.4) is 0 Å². The minimum Gasteiger partial charge on any atom is -0.248 e. The van der Waals surface area contributed by atoms with Gasteiger partial charge in [0, 0.05) is 6.92 Å². The summed E-state index contributed by atoms with van der Waals surface area (Å²) in [6.45, 7) is 0.00512. The standard InChI is InChI=1S/C4H4F6O/c1-3(7,2(5)6)11-4(8,9)10/h2H,1H3. The smallest absolute Gasteiger partial charge is 0.248 e. The van der Waals surface area contributed by atoms with Crippen LogP contribution in [0.15, 0.2) is 0 Å². The zero-order valence-electron chi connectivity index (χ0n) is 5.25. The molecule has 0 aliphatic rings. The van der Waals surface area contributed by atoms with Crippen molar-refractivity contribution in [2.24, 2.45) is 0 Å². The summed E-state index contributed by atoms with van der Waals surface area (Å²) >= 11 is 0. The van der Waals surface area contributed by atoms with Crippen molar-refractivity contribution in [1.82, 2.24) is 0 Å². The summed E-state index contributed by atoms with van der Waals surface area (Å²) in [5.74, 6) is -3.97. The van der Waals surface area contributed by atoms with Crippen LogP contribution < -0.4 is 0 Å². The van der Waals surface area contributed by atoms with Crippen molar-refractivity contribution in [3.05, 3.63) is 0 Å². The molecule has 0 bridgehead atoms. The lowest BCUT2D eigenvalue weighted by molar-refractivity contribution is -0.406. The normalized spacial score (nSPS) is 18.5. The molecule has 0 rings (SSSR count). The first-order valence-electron chi connectivity index (χ1n) is 2.39. The Hall–Kier alpha value is -0.460. The topological polar surface area (TPSA) is 9.23 Å². The number of halogens is 6. The Morgan fingerprint density at radius 3 is 1.55 bits per heavy atom. The van der Waals surface area contributed by atoms with E-state index in [1.165, 1.54) is 0 Å². The highest BCUT2D eigenvalue weighted by atomic mass is 19.4. The van der Waals surface area contributed by atoms with Crippen LogP contribution in [0.5, 0.6) is 0 Å². The van der Waals surface area contributed by atoms with Crippen molar-refractivity contribution in [3.8, 4) is 0 Å². The molecule has 0 aliphatic heterocycles. The Balaban J connectivity index is 4.13. The second-order valence-electron chi connectivity index (χ2n) is 1.83. The first kappa shape index (κ1) is 10.5. The van der Waals surface area contributed by atoms with E-state index < -0.39 is 18.6 Å². The molecule has 0 radical (unpaired) electrons. The van der Waals surface area contributed by atoms with Crippen molar-refractivity contribution in [1.29, 1.82) is 0 Å². The minimum absolute atomic E-state index is 0.00512. The van der Waals surface area contributed by atoms with Gasteiger partial charge in [0.15, 0.2) is 0 Å². The van der Waals surface area contributed by atoms with Gasteiger partial charge >= 0.3 is 6.36 Å². The number of hydrogen-bond donors (Lipinski definition) is 0. The number of hydrogen-bond acceptors (Lipinski definition) is 1. The molecular weight excluding hydrogens is 178 g/mol. The Labute approximate surface area is 57.9 Å². The van der Waals surface area contributed by atoms with Gasteiger partial charge < -0.3 is 0 Å². The van der Waals surface area contributed by atoms with Crippen LogP contribution >= 0.6 is 0 Å². The number of alkyl halides is 6. The van der Waals surface area contributed by atoms with Gasteiger partial charge in [-0.2, -0.15) is 0 Å². The highest BCUT2D eigenvalue weighted by Gasteiger charge is 2.47. The Morgan fingerprint density at radius 2 is 1.45 bits per heavy atom. The van der Waals surface area contributed by atoms with Crippen molar-refractivity contribution >= 4 is 0 Å². The summed E-state index contributed by atoms with van der Waals surface area (Å²) in [6, 6.07) is 0. The lowest BCUT2D eigenvalue weighted by Crippen LogP contribution is -2.37. The average Bonchev–Trinajstić information content (AvgIpc) is 1.56. The number of ether oxygens (including phenoxy) is 1. The molecule has 0 aliphatic carbocycles. The SMILES string of the molecule is CC(F)(OC(F)(F)F)C(F)F. The zero-order chi connectivity index (χ0) is 9.28. The number of rotatable bonds is 2. The fourth-order valence-corrected chi connectivity index (χ4v) is 0.271. The Kier molecular flexibility index (Phi) is 2.76. The second-order valence-corrected chi connectivity index (χ2v) is 1.83. The molecule has 0 aromatic carbocycles. The maximum absolute atomic E-state index is 12.0. The summed E-state index contributed by atoms with van der Waals surface area (Å²) in [5, 5.41) is 0. The molecule has 1 nitrogen and oxygen atoms in total. The van der Waals surface area contributed by atoms with Crippen molar-refractivity contribution in [2.75, 3.05) is 0 Å². The molecule has 0 saturated carbocycles. The van der Waals surface area contributed by atoms with E-state index in [2.05, 4.69) is 4.74 Å². The molecule has 0 fully saturated rings. The van der Waals surface area contributed by atoms with E-state index in [-0.39, 0.29) is 6.92 Å².